The van der Waals surface area contributed by atoms with Gasteiger partial charge in [0.25, 0.3) is 0 Å². The van der Waals surface area contributed by atoms with Crippen LogP contribution in [0.25, 0.3) is 0 Å². The molecule has 0 spiro atoms. The molecule has 0 aliphatic carbocycles. The molecule has 1 unspecified atom stereocenters. The second kappa shape index (κ2) is 2.70. The molecule has 58 valence electrons. The van der Waals surface area contributed by atoms with E-state index in [-0.39, 0.29) is 5.41 Å². The molecule has 1 fully saturated rings. The normalized spacial score (nSPS) is 26.8. The van der Waals surface area contributed by atoms with Crippen molar-refractivity contribution in [1.29, 1.82) is 0 Å². The fraction of sp³-hybridized carbons (Fsp3) is 0.875. The van der Waals surface area contributed by atoms with Crippen LogP contribution in [0.3, 0.4) is 0 Å². The summed E-state index contributed by atoms with van der Waals surface area (Å²) in [4.78, 5) is 10.6. The molecule has 0 aromatic heterocycles. The third kappa shape index (κ3) is 1.37. The molecule has 1 rings (SSSR count). The Bertz CT molecular complexity index is 125. The summed E-state index contributed by atoms with van der Waals surface area (Å²) in [5.74, 6) is 0. The summed E-state index contributed by atoms with van der Waals surface area (Å²) in [6.07, 6.45) is 3.41. The zero-order valence-corrected chi connectivity index (χ0v) is 6.68. The van der Waals surface area contributed by atoms with Gasteiger partial charge >= 0.3 is 0 Å². The Balaban J connectivity index is 2.53. The summed E-state index contributed by atoms with van der Waals surface area (Å²) in [5, 5.41) is 3.32. The van der Waals surface area contributed by atoms with Gasteiger partial charge in [0, 0.05) is 11.5 Å². The van der Waals surface area contributed by atoms with Crippen molar-refractivity contribution >= 4 is 6.29 Å². The molecule has 1 saturated heterocycles. The number of carbonyl (C=O) groups is 1. The molecule has 0 radical (unpaired) electrons. The maximum absolute atomic E-state index is 10.6. The van der Waals surface area contributed by atoms with Crippen LogP contribution in [-0.4, -0.2) is 18.9 Å². The summed E-state index contributed by atoms with van der Waals surface area (Å²) in [7, 11) is 0. The average molecular weight is 141 g/mol. The van der Waals surface area contributed by atoms with Gasteiger partial charge < -0.3 is 10.1 Å². The maximum Gasteiger partial charge on any atom is 0.127 e. The Morgan fingerprint density at radius 2 is 2.30 bits per heavy atom. The van der Waals surface area contributed by atoms with Gasteiger partial charge in [0.15, 0.2) is 0 Å². The Hall–Kier alpha value is -0.370. The minimum Gasteiger partial charge on any atom is -0.313 e. The van der Waals surface area contributed by atoms with Crippen molar-refractivity contribution in [3.8, 4) is 0 Å². The predicted octanol–water partition coefficient (Wildman–Crippen LogP) is 0.964. The van der Waals surface area contributed by atoms with Gasteiger partial charge in [0.1, 0.15) is 6.29 Å². The lowest BCUT2D eigenvalue weighted by Crippen LogP contribution is -2.38. The Kier molecular flexibility index (Phi) is 2.09. The van der Waals surface area contributed by atoms with Crippen LogP contribution in [0.2, 0.25) is 0 Å². The van der Waals surface area contributed by atoms with Crippen molar-refractivity contribution in [1.82, 2.24) is 5.32 Å². The SMILES string of the molecule is CC(C)(C=O)C1CCCN1. The van der Waals surface area contributed by atoms with Crippen molar-refractivity contribution < 1.29 is 4.79 Å². The highest BCUT2D eigenvalue weighted by molar-refractivity contribution is 5.59. The number of aldehydes is 1. The molecule has 0 aromatic rings. The van der Waals surface area contributed by atoms with E-state index < -0.39 is 0 Å². The molecule has 1 aliphatic heterocycles. The van der Waals surface area contributed by atoms with Crippen LogP contribution in [0.5, 0.6) is 0 Å². The molecule has 0 aromatic carbocycles. The van der Waals surface area contributed by atoms with Crippen LogP contribution in [0, 0.1) is 5.41 Å². The molecular weight excluding hydrogens is 126 g/mol. The highest BCUT2D eigenvalue weighted by Gasteiger charge is 2.30. The molecule has 10 heavy (non-hydrogen) atoms. The maximum atomic E-state index is 10.6. The zero-order chi connectivity index (χ0) is 7.61. The van der Waals surface area contributed by atoms with E-state index in [0.717, 1.165) is 19.3 Å². The van der Waals surface area contributed by atoms with E-state index in [1.807, 2.05) is 13.8 Å². The molecular formula is C8H15NO. The first-order valence-corrected chi connectivity index (χ1v) is 3.86. The summed E-state index contributed by atoms with van der Waals surface area (Å²) in [6.45, 7) is 5.05. The van der Waals surface area contributed by atoms with Crippen molar-refractivity contribution in [2.45, 2.75) is 32.7 Å². The van der Waals surface area contributed by atoms with Gasteiger partial charge in [0.2, 0.25) is 0 Å². The number of carbonyl (C=O) groups excluding carboxylic acids is 1. The molecule has 1 heterocycles. The second-order valence-corrected chi connectivity index (χ2v) is 3.59. The summed E-state index contributed by atoms with van der Waals surface area (Å²) in [6, 6.07) is 0.407. The second-order valence-electron chi connectivity index (χ2n) is 3.59. The topological polar surface area (TPSA) is 29.1 Å². The molecule has 1 atom stereocenters. The highest BCUT2D eigenvalue weighted by Crippen LogP contribution is 2.24. The quantitative estimate of drug-likeness (QED) is 0.580. The lowest BCUT2D eigenvalue weighted by atomic mass is 9.85. The van der Waals surface area contributed by atoms with Crippen molar-refractivity contribution in [3.63, 3.8) is 0 Å². The van der Waals surface area contributed by atoms with Gasteiger partial charge in [-0.1, -0.05) is 13.8 Å². The summed E-state index contributed by atoms with van der Waals surface area (Å²) >= 11 is 0. The molecule has 2 heteroatoms. The Morgan fingerprint density at radius 1 is 1.60 bits per heavy atom. The fourth-order valence-corrected chi connectivity index (χ4v) is 1.40. The van der Waals surface area contributed by atoms with Crippen LogP contribution in [-0.2, 0) is 4.79 Å². The lowest BCUT2D eigenvalue weighted by molar-refractivity contribution is -0.115. The monoisotopic (exact) mass is 141 g/mol. The minimum atomic E-state index is -0.170. The number of nitrogens with one attached hydrogen (secondary N) is 1. The van der Waals surface area contributed by atoms with E-state index in [4.69, 9.17) is 0 Å². The van der Waals surface area contributed by atoms with E-state index in [0.29, 0.717) is 6.04 Å². The minimum absolute atomic E-state index is 0.170. The first kappa shape index (κ1) is 7.73. The number of rotatable bonds is 2. The molecule has 2 nitrogen and oxygen atoms in total. The van der Waals surface area contributed by atoms with Crippen LogP contribution >= 0.6 is 0 Å². The van der Waals surface area contributed by atoms with Crippen LogP contribution in [0.4, 0.5) is 0 Å². The molecule has 0 bridgehead atoms. The smallest absolute Gasteiger partial charge is 0.127 e. The number of hydrogen-bond donors (Lipinski definition) is 1. The van der Waals surface area contributed by atoms with Gasteiger partial charge in [-0.25, -0.2) is 0 Å². The van der Waals surface area contributed by atoms with Crippen molar-refractivity contribution in [3.05, 3.63) is 0 Å². The summed E-state index contributed by atoms with van der Waals surface area (Å²) in [5.41, 5.74) is -0.170. The number of hydrogen-bond acceptors (Lipinski definition) is 2. The standard InChI is InChI=1S/C8H15NO/c1-8(2,6-10)7-4-3-5-9-7/h6-7,9H,3-5H2,1-2H3. The van der Waals surface area contributed by atoms with Gasteiger partial charge in [-0.3, -0.25) is 0 Å². The predicted molar refractivity (Wildman–Crippen MR) is 40.9 cm³/mol. The van der Waals surface area contributed by atoms with Crippen LogP contribution < -0.4 is 5.32 Å². The first-order valence-electron chi connectivity index (χ1n) is 3.86. The lowest BCUT2D eigenvalue weighted by Gasteiger charge is -2.24. The van der Waals surface area contributed by atoms with Gasteiger partial charge in [-0.2, -0.15) is 0 Å². The van der Waals surface area contributed by atoms with E-state index >= 15 is 0 Å². The third-order valence-electron chi connectivity index (χ3n) is 2.26. The van der Waals surface area contributed by atoms with Crippen molar-refractivity contribution in [2.24, 2.45) is 5.41 Å². The van der Waals surface area contributed by atoms with E-state index in [9.17, 15) is 4.79 Å². The van der Waals surface area contributed by atoms with Crippen LogP contribution in [0.1, 0.15) is 26.7 Å². The largest absolute Gasteiger partial charge is 0.313 e. The van der Waals surface area contributed by atoms with E-state index in [1.165, 1.54) is 6.42 Å². The fourth-order valence-electron chi connectivity index (χ4n) is 1.40. The van der Waals surface area contributed by atoms with E-state index in [2.05, 4.69) is 5.32 Å². The summed E-state index contributed by atoms with van der Waals surface area (Å²) < 4.78 is 0. The van der Waals surface area contributed by atoms with Gasteiger partial charge in [-0.05, 0) is 19.4 Å². The van der Waals surface area contributed by atoms with E-state index in [1.54, 1.807) is 0 Å². The highest BCUT2D eigenvalue weighted by atomic mass is 16.1. The molecule has 1 N–H and O–H groups in total. The zero-order valence-electron chi connectivity index (χ0n) is 6.68. The average Bonchev–Trinajstić information content (AvgIpc) is 2.38. The molecule has 0 amide bonds. The molecule has 1 aliphatic rings. The third-order valence-corrected chi connectivity index (χ3v) is 2.26. The Labute approximate surface area is 62.0 Å². The Morgan fingerprint density at radius 3 is 2.70 bits per heavy atom. The van der Waals surface area contributed by atoms with Crippen molar-refractivity contribution in [2.75, 3.05) is 6.54 Å². The molecule has 0 saturated carbocycles. The van der Waals surface area contributed by atoms with Gasteiger partial charge in [0.05, 0.1) is 0 Å². The first-order chi connectivity index (χ1) is 4.67. The van der Waals surface area contributed by atoms with Gasteiger partial charge in [-0.15, -0.1) is 0 Å². The van der Waals surface area contributed by atoms with Crippen LogP contribution in [0.15, 0.2) is 0 Å².